The van der Waals surface area contributed by atoms with Gasteiger partial charge in [-0.05, 0) is 45.4 Å². The van der Waals surface area contributed by atoms with Crippen molar-refractivity contribution in [2.75, 3.05) is 13.1 Å². The minimum Gasteiger partial charge on any atom is -0.444 e. The summed E-state index contributed by atoms with van der Waals surface area (Å²) in [5, 5.41) is 0.604. The molecule has 0 unspecified atom stereocenters. The molecule has 0 N–H and O–H groups in total. The minimum atomic E-state index is -0.579. The maximum atomic E-state index is 12.8. The monoisotopic (exact) mass is 380 g/mol. The van der Waals surface area contributed by atoms with E-state index in [1.54, 1.807) is 11.0 Å². The molecular weight excluding hydrogens is 352 g/mol. The lowest BCUT2D eigenvalue weighted by molar-refractivity contribution is -0.140. The quantitative estimate of drug-likeness (QED) is 0.758. The summed E-state index contributed by atoms with van der Waals surface area (Å²) in [6.45, 7) is 12.1. The number of benzene rings is 1. The fourth-order valence-electron chi connectivity index (χ4n) is 3.14. The molecule has 0 aromatic heterocycles. The Balaban J connectivity index is 2.36. The number of halogens is 1. The summed E-state index contributed by atoms with van der Waals surface area (Å²) in [6, 6.07) is 7.07. The van der Waals surface area contributed by atoms with E-state index in [4.69, 9.17) is 16.3 Å². The first-order chi connectivity index (χ1) is 12.0. The van der Waals surface area contributed by atoms with Gasteiger partial charge in [-0.3, -0.25) is 9.69 Å². The lowest BCUT2D eigenvalue weighted by Crippen LogP contribution is -2.58. The second-order valence-corrected chi connectivity index (χ2v) is 8.63. The number of hydrogen-bond donors (Lipinski definition) is 0. The Bertz CT molecular complexity index is 669. The van der Waals surface area contributed by atoms with E-state index in [-0.39, 0.29) is 30.0 Å². The van der Waals surface area contributed by atoms with Crippen LogP contribution in [-0.2, 0) is 9.53 Å². The van der Waals surface area contributed by atoms with E-state index in [0.717, 1.165) is 5.56 Å². The van der Waals surface area contributed by atoms with Crippen LogP contribution >= 0.6 is 11.6 Å². The zero-order valence-electron chi connectivity index (χ0n) is 16.5. The van der Waals surface area contributed by atoms with Crippen LogP contribution in [0.15, 0.2) is 24.3 Å². The van der Waals surface area contributed by atoms with Crippen LogP contribution in [0.5, 0.6) is 0 Å². The summed E-state index contributed by atoms with van der Waals surface area (Å²) < 4.78 is 5.60. The topological polar surface area (TPSA) is 49.9 Å². The summed E-state index contributed by atoms with van der Waals surface area (Å²) >= 11 is 6.16. The van der Waals surface area contributed by atoms with Gasteiger partial charge in [-0.2, -0.15) is 0 Å². The van der Waals surface area contributed by atoms with Gasteiger partial charge in [0.2, 0.25) is 5.91 Å². The summed E-state index contributed by atoms with van der Waals surface area (Å²) in [5.74, 6) is -0.00101. The highest BCUT2D eigenvalue weighted by molar-refractivity contribution is 6.30. The molecule has 6 heteroatoms. The van der Waals surface area contributed by atoms with Gasteiger partial charge in [-0.1, -0.05) is 37.6 Å². The maximum absolute atomic E-state index is 12.8. The second kappa shape index (κ2) is 7.87. The Kier molecular flexibility index (Phi) is 6.22. The van der Waals surface area contributed by atoms with E-state index in [0.29, 0.717) is 18.1 Å². The Morgan fingerprint density at radius 3 is 2.38 bits per heavy atom. The smallest absolute Gasteiger partial charge is 0.410 e. The van der Waals surface area contributed by atoms with Crippen molar-refractivity contribution >= 4 is 23.6 Å². The molecule has 0 radical (unpaired) electrons. The molecule has 0 bridgehead atoms. The average molecular weight is 381 g/mol. The molecule has 26 heavy (non-hydrogen) atoms. The molecule has 1 aliphatic heterocycles. The van der Waals surface area contributed by atoms with Crippen LogP contribution in [0.3, 0.4) is 0 Å². The fourth-order valence-corrected chi connectivity index (χ4v) is 3.33. The molecule has 1 fully saturated rings. The van der Waals surface area contributed by atoms with Crippen LogP contribution in [0.25, 0.3) is 0 Å². The number of piperazine rings is 1. The number of amides is 2. The lowest BCUT2D eigenvalue weighted by Gasteiger charge is -2.46. The first-order valence-corrected chi connectivity index (χ1v) is 9.43. The SMILES string of the molecule is CC(C)C(=O)N1C[C@@H](c2cccc(Cl)c2)N(C(=O)OC(C)(C)C)C[C@H]1C. The molecular formula is C20H29ClN2O3. The largest absolute Gasteiger partial charge is 0.444 e. The Labute approximate surface area is 161 Å². The summed E-state index contributed by atoms with van der Waals surface area (Å²) in [5.41, 5.74) is 0.321. The third-order valence-electron chi connectivity index (χ3n) is 4.38. The highest BCUT2D eigenvalue weighted by Crippen LogP contribution is 2.31. The van der Waals surface area contributed by atoms with Crippen LogP contribution in [-0.4, -0.2) is 46.5 Å². The standard InChI is InChI=1S/C20H29ClN2O3/c1-13(2)18(24)22-12-17(15-8-7-9-16(21)10-15)23(11-14(22)3)19(25)26-20(4,5)6/h7-10,13-14,17H,11-12H2,1-6H3/t14-,17+/m1/s1. The summed E-state index contributed by atoms with van der Waals surface area (Å²) in [4.78, 5) is 29.0. The number of nitrogens with zero attached hydrogens (tertiary/aromatic N) is 2. The highest BCUT2D eigenvalue weighted by atomic mass is 35.5. The summed E-state index contributed by atoms with van der Waals surface area (Å²) in [6.07, 6.45) is -0.369. The molecule has 2 atom stereocenters. The molecule has 1 aliphatic rings. The number of hydrogen-bond acceptors (Lipinski definition) is 3. The van der Waals surface area contributed by atoms with Gasteiger partial charge in [0.25, 0.3) is 0 Å². The fraction of sp³-hybridized carbons (Fsp3) is 0.600. The van der Waals surface area contributed by atoms with Gasteiger partial charge in [0.15, 0.2) is 0 Å². The molecule has 0 aliphatic carbocycles. The van der Waals surface area contributed by atoms with E-state index in [1.807, 2.05) is 64.6 Å². The van der Waals surface area contributed by atoms with Gasteiger partial charge < -0.3 is 9.64 Å². The number of rotatable bonds is 2. The van der Waals surface area contributed by atoms with Crippen molar-refractivity contribution in [3.05, 3.63) is 34.9 Å². The second-order valence-electron chi connectivity index (χ2n) is 8.20. The van der Waals surface area contributed by atoms with Crippen LogP contribution in [0.2, 0.25) is 5.02 Å². The van der Waals surface area contributed by atoms with E-state index in [9.17, 15) is 9.59 Å². The van der Waals surface area contributed by atoms with Crippen molar-refractivity contribution in [2.45, 2.75) is 59.2 Å². The molecule has 1 heterocycles. The van der Waals surface area contributed by atoms with Gasteiger partial charge in [0.1, 0.15) is 5.60 Å². The molecule has 1 saturated heterocycles. The zero-order valence-corrected chi connectivity index (χ0v) is 17.2. The lowest BCUT2D eigenvalue weighted by atomic mass is 9.98. The predicted molar refractivity (Wildman–Crippen MR) is 103 cm³/mol. The summed E-state index contributed by atoms with van der Waals surface area (Å²) in [7, 11) is 0. The number of carbonyl (C=O) groups excluding carboxylic acids is 2. The molecule has 0 saturated carbocycles. The molecule has 1 aromatic carbocycles. The van der Waals surface area contributed by atoms with Gasteiger partial charge in [0.05, 0.1) is 6.04 Å². The van der Waals surface area contributed by atoms with E-state index < -0.39 is 5.60 Å². The van der Waals surface area contributed by atoms with Crippen LogP contribution in [0.1, 0.15) is 53.1 Å². The number of ether oxygens (including phenoxy) is 1. The van der Waals surface area contributed by atoms with Crippen LogP contribution < -0.4 is 0 Å². The molecule has 0 spiro atoms. The Hall–Kier alpha value is -1.75. The third-order valence-corrected chi connectivity index (χ3v) is 4.61. The van der Waals surface area contributed by atoms with E-state index in [2.05, 4.69) is 0 Å². The van der Waals surface area contributed by atoms with Crippen molar-refractivity contribution in [3.63, 3.8) is 0 Å². The molecule has 2 amide bonds. The van der Waals surface area contributed by atoms with Crippen molar-refractivity contribution in [2.24, 2.45) is 5.92 Å². The normalized spacial score (nSPS) is 21.1. The maximum Gasteiger partial charge on any atom is 0.410 e. The number of carbonyl (C=O) groups is 2. The Morgan fingerprint density at radius 1 is 1.19 bits per heavy atom. The van der Waals surface area contributed by atoms with Crippen molar-refractivity contribution in [1.29, 1.82) is 0 Å². The molecule has 144 valence electrons. The van der Waals surface area contributed by atoms with Crippen molar-refractivity contribution in [1.82, 2.24) is 9.80 Å². The molecule has 1 aromatic rings. The molecule has 2 rings (SSSR count). The van der Waals surface area contributed by atoms with Crippen molar-refractivity contribution in [3.8, 4) is 0 Å². The van der Waals surface area contributed by atoms with Gasteiger partial charge in [-0.25, -0.2) is 4.79 Å². The third kappa shape index (κ3) is 4.91. The Morgan fingerprint density at radius 2 is 1.85 bits per heavy atom. The van der Waals surface area contributed by atoms with E-state index >= 15 is 0 Å². The first-order valence-electron chi connectivity index (χ1n) is 9.05. The zero-order chi connectivity index (χ0) is 19.6. The molecule has 5 nitrogen and oxygen atoms in total. The minimum absolute atomic E-state index is 0.0761. The average Bonchev–Trinajstić information content (AvgIpc) is 2.52. The van der Waals surface area contributed by atoms with Gasteiger partial charge in [0, 0.05) is 30.1 Å². The highest BCUT2D eigenvalue weighted by Gasteiger charge is 2.39. The van der Waals surface area contributed by atoms with E-state index in [1.165, 1.54) is 0 Å². The first kappa shape index (κ1) is 20.6. The van der Waals surface area contributed by atoms with Crippen molar-refractivity contribution < 1.29 is 14.3 Å². The van der Waals surface area contributed by atoms with Gasteiger partial charge >= 0.3 is 6.09 Å². The van der Waals surface area contributed by atoms with Crippen LogP contribution in [0, 0.1) is 5.92 Å². The van der Waals surface area contributed by atoms with Crippen LogP contribution in [0.4, 0.5) is 4.79 Å². The predicted octanol–water partition coefficient (Wildman–Crippen LogP) is 4.50. The van der Waals surface area contributed by atoms with Gasteiger partial charge in [-0.15, -0.1) is 0 Å².